The Hall–Kier alpha value is -1.65. The monoisotopic (exact) mass is 260 g/mol. The van der Waals surface area contributed by atoms with Crippen LogP contribution in [0.25, 0.3) is 0 Å². The number of aromatic nitrogens is 3. The second kappa shape index (κ2) is 5.15. The second-order valence-corrected chi connectivity index (χ2v) is 5.32. The standard InChI is InChI=1S/C14H20N4O/c1-2-12-15-16-13-10-17(7-8-18(12)13)14(19)9-11-5-3-4-6-11/h3,5,11H,2,4,6-10H2,1H3/t11-/m0/s1. The highest BCUT2D eigenvalue weighted by atomic mass is 16.2. The summed E-state index contributed by atoms with van der Waals surface area (Å²) in [4.78, 5) is 14.2. The first-order valence-corrected chi connectivity index (χ1v) is 7.13. The molecule has 0 spiro atoms. The number of amides is 1. The quantitative estimate of drug-likeness (QED) is 0.775. The van der Waals surface area contributed by atoms with Crippen LogP contribution in [0.2, 0.25) is 0 Å². The van der Waals surface area contributed by atoms with E-state index in [4.69, 9.17) is 0 Å². The number of rotatable bonds is 3. The third-order valence-corrected chi connectivity index (χ3v) is 4.05. The van der Waals surface area contributed by atoms with Crippen LogP contribution in [-0.2, 0) is 24.3 Å². The molecular weight excluding hydrogens is 240 g/mol. The van der Waals surface area contributed by atoms with Crippen LogP contribution in [-0.4, -0.2) is 32.1 Å². The summed E-state index contributed by atoms with van der Waals surface area (Å²) in [6.45, 7) is 4.31. The lowest BCUT2D eigenvalue weighted by Crippen LogP contribution is -2.39. The number of carbonyl (C=O) groups is 1. The number of aryl methyl sites for hydroxylation is 1. The van der Waals surface area contributed by atoms with Gasteiger partial charge in [-0.3, -0.25) is 4.79 Å². The summed E-state index contributed by atoms with van der Waals surface area (Å²) in [6, 6.07) is 0. The van der Waals surface area contributed by atoms with Crippen molar-refractivity contribution in [2.24, 2.45) is 5.92 Å². The van der Waals surface area contributed by atoms with Crippen molar-refractivity contribution in [2.45, 2.75) is 45.7 Å². The number of carbonyl (C=O) groups excluding carboxylic acids is 1. The molecule has 0 unspecified atom stereocenters. The van der Waals surface area contributed by atoms with Gasteiger partial charge in [-0.1, -0.05) is 19.1 Å². The second-order valence-electron chi connectivity index (χ2n) is 5.32. The van der Waals surface area contributed by atoms with Gasteiger partial charge < -0.3 is 9.47 Å². The molecule has 0 saturated carbocycles. The molecule has 1 atom stereocenters. The topological polar surface area (TPSA) is 51.0 Å². The molecule has 0 bridgehead atoms. The predicted molar refractivity (Wildman–Crippen MR) is 71.3 cm³/mol. The van der Waals surface area contributed by atoms with E-state index in [2.05, 4.69) is 33.8 Å². The van der Waals surface area contributed by atoms with E-state index in [0.29, 0.717) is 18.9 Å². The summed E-state index contributed by atoms with van der Waals surface area (Å²) in [7, 11) is 0. The maximum Gasteiger partial charge on any atom is 0.223 e. The zero-order chi connectivity index (χ0) is 13.2. The summed E-state index contributed by atoms with van der Waals surface area (Å²) >= 11 is 0. The van der Waals surface area contributed by atoms with Gasteiger partial charge in [-0.15, -0.1) is 10.2 Å². The maximum absolute atomic E-state index is 12.3. The number of allylic oxidation sites excluding steroid dienone is 2. The average molecular weight is 260 g/mol. The van der Waals surface area contributed by atoms with Crippen LogP contribution < -0.4 is 0 Å². The van der Waals surface area contributed by atoms with Crippen LogP contribution in [0, 0.1) is 5.92 Å². The lowest BCUT2D eigenvalue weighted by atomic mass is 10.0. The van der Waals surface area contributed by atoms with Crippen molar-refractivity contribution in [3.8, 4) is 0 Å². The Morgan fingerprint density at radius 2 is 2.32 bits per heavy atom. The van der Waals surface area contributed by atoms with Crippen LogP contribution in [0.3, 0.4) is 0 Å². The van der Waals surface area contributed by atoms with Gasteiger partial charge >= 0.3 is 0 Å². The van der Waals surface area contributed by atoms with Crippen molar-refractivity contribution in [1.29, 1.82) is 0 Å². The highest BCUT2D eigenvalue weighted by Crippen LogP contribution is 2.22. The van der Waals surface area contributed by atoms with Gasteiger partial charge in [0.05, 0.1) is 6.54 Å². The highest BCUT2D eigenvalue weighted by Gasteiger charge is 2.25. The van der Waals surface area contributed by atoms with E-state index in [-0.39, 0.29) is 5.91 Å². The van der Waals surface area contributed by atoms with Gasteiger partial charge in [-0.25, -0.2) is 0 Å². The van der Waals surface area contributed by atoms with Gasteiger partial charge in [0, 0.05) is 25.9 Å². The largest absolute Gasteiger partial charge is 0.333 e. The molecule has 0 saturated heterocycles. The van der Waals surface area contributed by atoms with Crippen LogP contribution in [0.1, 0.15) is 37.8 Å². The van der Waals surface area contributed by atoms with E-state index >= 15 is 0 Å². The molecule has 5 nitrogen and oxygen atoms in total. The molecule has 2 heterocycles. The minimum atomic E-state index is 0.254. The van der Waals surface area contributed by atoms with Crippen molar-refractivity contribution in [1.82, 2.24) is 19.7 Å². The van der Waals surface area contributed by atoms with Gasteiger partial charge in [-0.2, -0.15) is 0 Å². The molecule has 2 aliphatic rings. The molecule has 1 amide bonds. The lowest BCUT2D eigenvalue weighted by molar-refractivity contribution is -0.133. The lowest BCUT2D eigenvalue weighted by Gasteiger charge is -2.28. The van der Waals surface area contributed by atoms with Crippen LogP contribution >= 0.6 is 0 Å². The number of fused-ring (bicyclic) bond motifs is 1. The molecule has 0 aromatic carbocycles. The van der Waals surface area contributed by atoms with Crippen molar-refractivity contribution >= 4 is 5.91 Å². The summed E-state index contributed by atoms with van der Waals surface area (Å²) in [5.74, 6) is 2.65. The van der Waals surface area contributed by atoms with Crippen molar-refractivity contribution in [3.05, 3.63) is 23.8 Å². The fourth-order valence-corrected chi connectivity index (χ4v) is 2.91. The Labute approximate surface area is 113 Å². The first-order valence-electron chi connectivity index (χ1n) is 7.13. The van der Waals surface area contributed by atoms with E-state index in [1.165, 1.54) is 0 Å². The number of nitrogens with zero attached hydrogens (tertiary/aromatic N) is 4. The minimum absolute atomic E-state index is 0.254. The van der Waals surface area contributed by atoms with Gasteiger partial charge in [0.2, 0.25) is 5.91 Å². The molecule has 19 heavy (non-hydrogen) atoms. The van der Waals surface area contributed by atoms with E-state index in [0.717, 1.165) is 44.0 Å². The first kappa shape index (κ1) is 12.4. The van der Waals surface area contributed by atoms with Crippen LogP contribution in [0.4, 0.5) is 0 Å². The van der Waals surface area contributed by atoms with E-state index in [1.807, 2.05) is 4.90 Å². The molecule has 0 N–H and O–H groups in total. The Balaban J connectivity index is 1.64. The smallest absolute Gasteiger partial charge is 0.223 e. The van der Waals surface area contributed by atoms with Crippen LogP contribution in [0.5, 0.6) is 0 Å². The molecular formula is C14H20N4O. The highest BCUT2D eigenvalue weighted by molar-refractivity contribution is 5.76. The summed E-state index contributed by atoms with van der Waals surface area (Å²) in [6.07, 6.45) is 8.14. The first-order chi connectivity index (χ1) is 9.28. The fraction of sp³-hybridized carbons (Fsp3) is 0.643. The SMILES string of the molecule is CCc1nnc2n1CCN(C(=O)C[C@H]1C=CCC1)C2. The summed E-state index contributed by atoms with van der Waals surface area (Å²) in [5, 5.41) is 8.37. The molecule has 3 rings (SSSR count). The number of hydrogen-bond donors (Lipinski definition) is 0. The molecule has 1 aromatic rings. The molecule has 0 radical (unpaired) electrons. The van der Waals surface area contributed by atoms with Gasteiger partial charge in [0.15, 0.2) is 5.82 Å². The normalized spacial score (nSPS) is 21.7. The summed E-state index contributed by atoms with van der Waals surface area (Å²) < 4.78 is 2.15. The Morgan fingerprint density at radius 1 is 1.42 bits per heavy atom. The Kier molecular flexibility index (Phi) is 3.36. The third-order valence-electron chi connectivity index (χ3n) is 4.05. The van der Waals surface area contributed by atoms with E-state index in [1.54, 1.807) is 0 Å². The molecule has 1 aliphatic carbocycles. The Bertz CT molecular complexity index is 506. The third kappa shape index (κ3) is 2.41. The molecule has 1 aliphatic heterocycles. The number of hydrogen-bond acceptors (Lipinski definition) is 3. The zero-order valence-electron chi connectivity index (χ0n) is 11.4. The Morgan fingerprint density at radius 3 is 3.05 bits per heavy atom. The van der Waals surface area contributed by atoms with Crippen molar-refractivity contribution < 1.29 is 4.79 Å². The molecule has 5 heteroatoms. The van der Waals surface area contributed by atoms with Gasteiger partial charge in [0.1, 0.15) is 5.82 Å². The van der Waals surface area contributed by atoms with Crippen molar-refractivity contribution in [3.63, 3.8) is 0 Å². The molecule has 0 fully saturated rings. The maximum atomic E-state index is 12.3. The van der Waals surface area contributed by atoms with E-state index in [9.17, 15) is 4.79 Å². The molecule has 102 valence electrons. The minimum Gasteiger partial charge on any atom is -0.333 e. The van der Waals surface area contributed by atoms with Crippen molar-refractivity contribution in [2.75, 3.05) is 6.54 Å². The predicted octanol–water partition coefficient (Wildman–Crippen LogP) is 1.54. The zero-order valence-corrected chi connectivity index (χ0v) is 11.4. The van der Waals surface area contributed by atoms with Gasteiger partial charge in [0.25, 0.3) is 0 Å². The van der Waals surface area contributed by atoms with Gasteiger partial charge in [-0.05, 0) is 18.8 Å². The fourth-order valence-electron chi connectivity index (χ4n) is 2.91. The average Bonchev–Trinajstić information content (AvgIpc) is 3.06. The summed E-state index contributed by atoms with van der Waals surface area (Å²) in [5.41, 5.74) is 0. The van der Waals surface area contributed by atoms with Crippen LogP contribution in [0.15, 0.2) is 12.2 Å². The van der Waals surface area contributed by atoms with E-state index < -0.39 is 0 Å². The molecule has 1 aromatic heterocycles.